The van der Waals surface area contributed by atoms with E-state index in [1.807, 2.05) is 0 Å². The van der Waals surface area contributed by atoms with Crippen molar-refractivity contribution < 1.29 is 22.8 Å². The van der Waals surface area contributed by atoms with E-state index < -0.39 is 18.6 Å². The maximum Gasteiger partial charge on any atom is 0.471 e. The maximum atomic E-state index is 12.0. The van der Waals surface area contributed by atoms with Crippen LogP contribution in [0.1, 0.15) is 13.8 Å². The molecule has 3 nitrogen and oxygen atoms in total. The third-order valence-corrected chi connectivity index (χ3v) is 1.54. The van der Waals surface area contributed by atoms with Gasteiger partial charge in [-0.1, -0.05) is 11.6 Å². The summed E-state index contributed by atoms with van der Waals surface area (Å²) in [6, 6.07) is 0. The number of carbonyl (C=O) groups excluding carboxylic acids is 2. The molecule has 0 fully saturated rings. The first-order valence-corrected chi connectivity index (χ1v) is 4.22. The Labute approximate surface area is 85.5 Å². The van der Waals surface area contributed by atoms with Gasteiger partial charge in [-0.05, 0) is 13.8 Å². The van der Waals surface area contributed by atoms with Gasteiger partial charge in [-0.25, -0.2) is 0 Å². The molecule has 15 heavy (non-hydrogen) atoms. The van der Waals surface area contributed by atoms with Gasteiger partial charge in [0.15, 0.2) is 0 Å². The van der Waals surface area contributed by atoms with Crippen molar-refractivity contribution in [3.63, 3.8) is 0 Å². The van der Waals surface area contributed by atoms with Gasteiger partial charge in [0.25, 0.3) is 0 Å². The van der Waals surface area contributed by atoms with E-state index in [1.54, 1.807) is 13.8 Å². The van der Waals surface area contributed by atoms with Crippen LogP contribution in [-0.2, 0) is 9.59 Å². The van der Waals surface area contributed by atoms with E-state index in [1.165, 1.54) is 6.08 Å². The normalized spacial score (nSPS) is 10.7. The summed E-state index contributed by atoms with van der Waals surface area (Å²) < 4.78 is 36.1. The van der Waals surface area contributed by atoms with Crippen molar-refractivity contribution >= 4 is 12.2 Å². The predicted octanol–water partition coefficient (Wildman–Crippen LogP) is 1.54. The van der Waals surface area contributed by atoms with Gasteiger partial charge in [0.1, 0.15) is 6.29 Å². The molecule has 0 aliphatic heterocycles. The molecule has 0 aliphatic carbocycles. The topological polar surface area (TPSA) is 37.4 Å². The fraction of sp³-hybridized carbons (Fsp3) is 0.556. The number of nitrogens with zero attached hydrogens (tertiary/aromatic N) is 1. The standard InChI is InChI=1S/C9H12F3NO2/c1-7(2)3-4-13(5-6-14)8(15)9(10,11)12/h3,6H,4-5H2,1-2H3. The lowest BCUT2D eigenvalue weighted by molar-refractivity contribution is -0.184. The quantitative estimate of drug-likeness (QED) is 0.535. The van der Waals surface area contributed by atoms with Gasteiger partial charge in [-0.3, -0.25) is 4.79 Å². The van der Waals surface area contributed by atoms with Crippen molar-refractivity contribution in [3.8, 4) is 0 Å². The zero-order chi connectivity index (χ0) is 12.1. The number of allylic oxidation sites excluding steroid dienone is 1. The van der Waals surface area contributed by atoms with Crippen molar-refractivity contribution in [2.45, 2.75) is 20.0 Å². The van der Waals surface area contributed by atoms with E-state index in [0.717, 1.165) is 5.57 Å². The van der Waals surface area contributed by atoms with Crippen LogP contribution in [0.5, 0.6) is 0 Å². The highest BCUT2D eigenvalue weighted by Crippen LogP contribution is 2.18. The summed E-state index contributed by atoms with van der Waals surface area (Å²) in [5, 5.41) is 0. The number of hydrogen-bond donors (Lipinski definition) is 0. The zero-order valence-corrected chi connectivity index (χ0v) is 8.47. The fourth-order valence-corrected chi connectivity index (χ4v) is 0.802. The molecule has 0 saturated heterocycles. The third kappa shape index (κ3) is 5.19. The van der Waals surface area contributed by atoms with Gasteiger partial charge in [-0.2, -0.15) is 13.2 Å². The Morgan fingerprint density at radius 1 is 1.27 bits per heavy atom. The molecule has 0 aromatic heterocycles. The molecule has 6 heteroatoms. The summed E-state index contributed by atoms with van der Waals surface area (Å²) in [4.78, 5) is 21.3. The molecule has 1 amide bonds. The Bertz CT molecular complexity index is 267. The second-order valence-corrected chi connectivity index (χ2v) is 3.16. The van der Waals surface area contributed by atoms with Crippen LogP contribution in [-0.4, -0.2) is 36.4 Å². The van der Waals surface area contributed by atoms with Gasteiger partial charge in [-0.15, -0.1) is 0 Å². The molecule has 0 aliphatic rings. The monoisotopic (exact) mass is 223 g/mol. The third-order valence-electron chi connectivity index (χ3n) is 1.54. The minimum atomic E-state index is -4.93. The van der Waals surface area contributed by atoms with Crippen molar-refractivity contribution in [1.82, 2.24) is 4.90 Å². The van der Waals surface area contributed by atoms with Gasteiger partial charge in [0.2, 0.25) is 0 Å². The first-order valence-electron chi connectivity index (χ1n) is 4.22. The van der Waals surface area contributed by atoms with E-state index in [4.69, 9.17) is 0 Å². The van der Waals surface area contributed by atoms with Gasteiger partial charge < -0.3 is 9.69 Å². The molecule has 0 rings (SSSR count). The highest BCUT2D eigenvalue weighted by atomic mass is 19.4. The maximum absolute atomic E-state index is 12.0. The molecule has 0 N–H and O–H groups in total. The van der Waals surface area contributed by atoms with Gasteiger partial charge in [0, 0.05) is 6.54 Å². The molecule has 0 bridgehead atoms. The molecule has 0 atom stereocenters. The molecule has 0 heterocycles. The highest BCUT2D eigenvalue weighted by Gasteiger charge is 2.41. The number of halogens is 3. The summed E-state index contributed by atoms with van der Waals surface area (Å²) >= 11 is 0. The molecular formula is C9H12F3NO2. The smallest absolute Gasteiger partial charge is 0.324 e. The van der Waals surface area contributed by atoms with Crippen LogP contribution in [0, 0.1) is 0 Å². The molecule has 0 saturated carbocycles. The summed E-state index contributed by atoms with van der Waals surface area (Å²) in [6.45, 7) is 2.62. The van der Waals surface area contributed by atoms with Crippen LogP contribution >= 0.6 is 0 Å². The Kier molecular flexibility index (Phi) is 5.04. The van der Waals surface area contributed by atoms with Crippen LogP contribution in [0.4, 0.5) is 13.2 Å². The second-order valence-electron chi connectivity index (χ2n) is 3.16. The molecule has 0 aromatic carbocycles. The number of aldehydes is 1. The molecule has 0 spiro atoms. The molecule has 0 unspecified atom stereocenters. The van der Waals surface area contributed by atoms with E-state index in [0.29, 0.717) is 4.90 Å². The van der Waals surface area contributed by atoms with Crippen molar-refractivity contribution in [2.75, 3.05) is 13.1 Å². The molecular weight excluding hydrogens is 211 g/mol. The summed E-state index contributed by atoms with van der Waals surface area (Å²) in [5.41, 5.74) is 0.779. The average Bonchev–Trinajstić information content (AvgIpc) is 2.09. The Morgan fingerprint density at radius 3 is 2.13 bits per heavy atom. The average molecular weight is 223 g/mol. The Morgan fingerprint density at radius 2 is 1.80 bits per heavy atom. The zero-order valence-electron chi connectivity index (χ0n) is 8.47. The highest BCUT2D eigenvalue weighted by molar-refractivity contribution is 5.83. The SMILES string of the molecule is CC(C)=CCN(CC=O)C(=O)C(F)(F)F. The van der Waals surface area contributed by atoms with Gasteiger partial charge >= 0.3 is 12.1 Å². The Balaban J connectivity index is 4.59. The molecule has 0 aromatic rings. The summed E-state index contributed by atoms with van der Waals surface area (Å²) in [5.74, 6) is -1.99. The van der Waals surface area contributed by atoms with Gasteiger partial charge in [0.05, 0.1) is 6.54 Å². The predicted molar refractivity (Wildman–Crippen MR) is 48.1 cm³/mol. The Hall–Kier alpha value is -1.33. The lowest BCUT2D eigenvalue weighted by Crippen LogP contribution is -2.42. The van der Waals surface area contributed by atoms with E-state index >= 15 is 0 Å². The molecule has 86 valence electrons. The van der Waals surface area contributed by atoms with E-state index in [2.05, 4.69) is 0 Å². The molecule has 0 radical (unpaired) electrons. The minimum absolute atomic E-state index is 0.209. The first-order chi connectivity index (χ1) is 6.79. The second kappa shape index (κ2) is 5.53. The van der Waals surface area contributed by atoms with Crippen LogP contribution in [0.25, 0.3) is 0 Å². The van der Waals surface area contributed by atoms with Crippen LogP contribution in [0.2, 0.25) is 0 Å². The summed E-state index contributed by atoms with van der Waals surface area (Å²) in [6.07, 6.45) is -3.21. The van der Waals surface area contributed by atoms with Crippen molar-refractivity contribution in [3.05, 3.63) is 11.6 Å². The largest absolute Gasteiger partial charge is 0.471 e. The number of carbonyl (C=O) groups is 2. The van der Waals surface area contributed by atoms with E-state index in [9.17, 15) is 22.8 Å². The van der Waals surface area contributed by atoms with Crippen LogP contribution in [0.3, 0.4) is 0 Å². The van der Waals surface area contributed by atoms with E-state index in [-0.39, 0.29) is 12.8 Å². The number of hydrogen-bond acceptors (Lipinski definition) is 2. The fourth-order valence-electron chi connectivity index (χ4n) is 0.802. The minimum Gasteiger partial charge on any atom is -0.324 e. The number of amides is 1. The lowest BCUT2D eigenvalue weighted by atomic mass is 10.3. The summed E-state index contributed by atoms with van der Waals surface area (Å²) in [7, 11) is 0. The van der Waals surface area contributed by atoms with Crippen LogP contribution < -0.4 is 0 Å². The van der Waals surface area contributed by atoms with Crippen molar-refractivity contribution in [1.29, 1.82) is 0 Å². The van der Waals surface area contributed by atoms with Crippen LogP contribution in [0.15, 0.2) is 11.6 Å². The number of rotatable bonds is 4. The number of alkyl halides is 3. The lowest BCUT2D eigenvalue weighted by Gasteiger charge is -2.19. The van der Waals surface area contributed by atoms with Crippen molar-refractivity contribution in [2.24, 2.45) is 0 Å². The first kappa shape index (κ1) is 13.7.